The predicted octanol–water partition coefficient (Wildman–Crippen LogP) is 3.15. The van der Waals surface area contributed by atoms with Crippen LogP contribution in [-0.2, 0) is 19.1 Å². The number of para-hydroxylation sites is 1. The molecule has 0 unspecified atom stereocenters. The van der Waals surface area contributed by atoms with E-state index in [1.165, 1.54) is 30.0 Å². The number of anilines is 2. The number of benzene rings is 2. The zero-order valence-corrected chi connectivity index (χ0v) is 16.8. The Bertz CT molecular complexity index is 931. The maximum absolute atomic E-state index is 14.0. The second-order valence-electron chi connectivity index (χ2n) is 6.88. The molecule has 0 spiro atoms. The Morgan fingerprint density at radius 2 is 1.90 bits per heavy atom. The van der Waals surface area contributed by atoms with Crippen molar-refractivity contribution < 1.29 is 28.2 Å². The van der Waals surface area contributed by atoms with Gasteiger partial charge in [0.15, 0.2) is 6.10 Å². The Kier molecular flexibility index (Phi) is 6.66. The SMILES string of the molecule is CCOc1ccc(NC(=O)[C@@H](C)OC(=O)[C@H]2CC(=O)N(c3ccccc3F)C2)cc1. The molecular formula is C22H23FN2O5. The highest BCUT2D eigenvalue weighted by atomic mass is 19.1. The van der Waals surface area contributed by atoms with Gasteiger partial charge in [-0.1, -0.05) is 12.1 Å². The maximum atomic E-state index is 14.0. The van der Waals surface area contributed by atoms with Gasteiger partial charge < -0.3 is 19.7 Å². The van der Waals surface area contributed by atoms with E-state index in [1.54, 1.807) is 30.3 Å². The molecule has 30 heavy (non-hydrogen) atoms. The summed E-state index contributed by atoms with van der Waals surface area (Å²) in [6.07, 6.45) is -1.15. The minimum atomic E-state index is -1.05. The van der Waals surface area contributed by atoms with E-state index < -0.39 is 29.7 Å². The van der Waals surface area contributed by atoms with Gasteiger partial charge in [-0.2, -0.15) is 0 Å². The molecule has 1 aliphatic heterocycles. The quantitative estimate of drug-likeness (QED) is 0.704. The van der Waals surface area contributed by atoms with Crippen LogP contribution in [0.3, 0.4) is 0 Å². The summed E-state index contributed by atoms with van der Waals surface area (Å²) in [6, 6.07) is 12.7. The first-order chi connectivity index (χ1) is 14.4. The van der Waals surface area contributed by atoms with Crippen molar-refractivity contribution in [3.8, 4) is 5.75 Å². The first kappa shape index (κ1) is 21.3. The van der Waals surface area contributed by atoms with E-state index in [0.29, 0.717) is 18.0 Å². The lowest BCUT2D eigenvalue weighted by molar-refractivity contribution is -0.157. The largest absolute Gasteiger partial charge is 0.494 e. The fourth-order valence-electron chi connectivity index (χ4n) is 3.14. The van der Waals surface area contributed by atoms with E-state index in [9.17, 15) is 18.8 Å². The van der Waals surface area contributed by atoms with Gasteiger partial charge in [-0.05, 0) is 50.2 Å². The molecule has 0 aromatic heterocycles. The number of nitrogens with zero attached hydrogens (tertiary/aromatic N) is 1. The van der Waals surface area contributed by atoms with Gasteiger partial charge in [0.05, 0.1) is 18.2 Å². The highest BCUT2D eigenvalue weighted by Crippen LogP contribution is 2.28. The van der Waals surface area contributed by atoms with Crippen LogP contribution >= 0.6 is 0 Å². The average Bonchev–Trinajstić information content (AvgIpc) is 3.11. The number of rotatable bonds is 7. The van der Waals surface area contributed by atoms with E-state index in [0.717, 1.165) is 0 Å². The Balaban J connectivity index is 1.55. The van der Waals surface area contributed by atoms with Crippen LogP contribution in [0.1, 0.15) is 20.3 Å². The average molecular weight is 414 g/mol. The van der Waals surface area contributed by atoms with Gasteiger partial charge in [0.2, 0.25) is 5.91 Å². The molecule has 7 nitrogen and oxygen atoms in total. The number of halogens is 1. The van der Waals surface area contributed by atoms with Crippen molar-refractivity contribution in [3.05, 3.63) is 54.3 Å². The standard InChI is InChI=1S/C22H23FN2O5/c1-3-29-17-10-8-16(9-11-17)24-21(27)14(2)30-22(28)15-12-20(26)25(13-15)19-7-5-4-6-18(19)23/h4-11,14-15H,3,12-13H2,1-2H3,(H,24,27)/t14-,15+/m1/s1. The molecule has 1 N–H and O–H groups in total. The van der Waals surface area contributed by atoms with Crippen molar-refractivity contribution in [1.29, 1.82) is 0 Å². The number of ether oxygens (including phenoxy) is 2. The molecule has 0 saturated carbocycles. The van der Waals surface area contributed by atoms with Crippen LogP contribution in [-0.4, -0.2) is 37.0 Å². The van der Waals surface area contributed by atoms with Crippen LogP contribution in [0.25, 0.3) is 0 Å². The molecule has 1 fully saturated rings. The molecule has 8 heteroatoms. The second-order valence-corrected chi connectivity index (χ2v) is 6.88. The molecular weight excluding hydrogens is 391 g/mol. The van der Waals surface area contributed by atoms with Crippen molar-refractivity contribution in [1.82, 2.24) is 0 Å². The molecule has 1 saturated heterocycles. The molecule has 0 radical (unpaired) electrons. The number of esters is 1. The van der Waals surface area contributed by atoms with E-state index in [1.807, 2.05) is 6.92 Å². The lowest BCUT2D eigenvalue weighted by Gasteiger charge is -2.18. The summed E-state index contributed by atoms with van der Waals surface area (Å²) in [5.74, 6) is -2.16. The summed E-state index contributed by atoms with van der Waals surface area (Å²) >= 11 is 0. The molecule has 2 atom stereocenters. The van der Waals surface area contributed by atoms with Crippen LogP contribution < -0.4 is 15.0 Å². The third-order valence-corrected chi connectivity index (χ3v) is 4.70. The van der Waals surface area contributed by atoms with Gasteiger partial charge in [0.25, 0.3) is 5.91 Å². The first-order valence-electron chi connectivity index (χ1n) is 9.68. The van der Waals surface area contributed by atoms with Crippen LogP contribution in [0.15, 0.2) is 48.5 Å². The van der Waals surface area contributed by atoms with Crippen LogP contribution in [0, 0.1) is 11.7 Å². The molecule has 2 amide bonds. The zero-order valence-electron chi connectivity index (χ0n) is 16.8. The maximum Gasteiger partial charge on any atom is 0.312 e. The summed E-state index contributed by atoms with van der Waals surface area (Å²) in [6.45, 7) is 3.87. The lowest BCUT2D eigenvalue weighted by Crippen LogP contribution is -2.33. The van der Waals surface area contributed by atoms with Gasteiger partial charge in [-0.25, -0.2) is 4.39 Å². The number of carbonyl (C=O) groups excluding carboxylic acids is 3. The van der Waals surface area contributed by atoms with Gasteiger partial charge in [0, 0.05) is 18.7 Å². The summed E-state index contributed by atoms with van der Waals surface area (Å²) in [5, 5.41) is 2.66. The van der Waals surface area contributed by atoms with E-state index in [2.05, 4.69) is 5.32 Å². The lowest BCUT2D eigenvalue weighted by atomic mass is 10.1. The van der Waals surface area contributed by atoms with E-state index in [-0.39, 0.29) is 24.6 Å². The molecule has 0 aliphatic carbocycles. The predicted molar refractivity (Wildman–Crippen MR) is 109 cm³/mol. The number of hydrogen-bond acceptors (Lipinski definition) is 5. The van der Waals surface area contributed by atoms with Crippen LogP contribution in [0.5, 0.6) is 5.75 Å². The van der Waals surface area contributed by atoms with Crippen molar-refractivity contribution >= 4 is 29.2 Å². The zero-order chi connectivity index (χ0) is 21.7. The molecule has 0 bridgehead atoms. The Morgan fingerprint density at radius 3 is 2.57 bits per heavy atom. The first-order valence-corrected chi connectivity index (χ1v) is 9.68. The monoisotopic (exact) mass is 414 g/mol. The van der Waals surface area contributed by atoms with Crippen LogP contribution in [0.2, 0.25) is 0 Å². The Labute approximate surface area is 173 Å². The number of carbonyl (C=O) groups is 3. The Morgan fingerprint density at radius 1 is 1.20 bits per heavy atom. The molecule has 158 valence electrons. The third kappa shape index (κ3) is 4.94. The minimum absolute atomic E-state index is 0.00578. The molecule has 2 aromatic carbocycles. The van der Waals surface area contributed by atoms with Gasteiger partial charge in [-0.15, -0.1) is 0 Å². The van der Waals surface area contributed by atoms with Crippen molar-refractivity contribution in [3.63, 3.8) is 0 Å². The van der Waals surface area contributed by atoms with E-state index in [4.69, 9.17) is 9.47 Å². The molecule has 1 heterocycles. The smallest absolute Gasteiger partial charge is 0.312 e. The fourth-order valence-corrected chi connectivity index (χ4v) is 3.14. The second kappa shape index (κ2) is 9.39. The summed E-state index contributed by atoms with van der Waals surface area (Å²) in [5.41, 5.74) is 0.659. The number of hydrogen-bond donors (Lipinski definition) is 1. The fraction of sp³-hybridized carbons (Fsp3) is 0.318. The van der Waals surface area contributed by atoms with Crippen LogP contribution in [0.4, 0.5) is 15.8 Å². The molecule has 2 aromatic rings. The normalized spacial score (nSPS) is 16.8. The Hall–Kier alpha value is -3.42. The number of amides is 2. The highest BCUT2D eigenvalue weighted by molar-refractivity contribution is 6.00. The van der Waals surface area contributed by atoms with Gasteiger partial charge in [-0.3, -0.25) is 14.4 Å². The molecule has 1 aliphatic rings. The summed E-state index contributed by atoms with van der Waals surface area (Å²) < 4.78 is 24.6. The van der Waals surface area contributed by atoms with E-state index >= 15 is 0 Å². The molecule has 3 rings (SSSR count). The number of nitrogens with one attached hydrogen (secondary N) is 1. The highest BCUT2D eigenvalue weighted by Gasteiger charge is 2.38. The third-order valence-electron chi connectivity index (χ3n) is 4.70. The minimum Gasteiger partial charge on any atom is -0.494 e. The summed E-state index contributed by atoms with van der Waals surface area (Å²) in [4.78, 5) is 38.2. The van der Waals surface area contributed by atoms with Crippen molar-refractivity contribution in [2.45, 2.75) is 26.4 Å². The van der Waals surface area contributed by atoms with Gasteiger partial charge in [0.1, 0.15) is 11.6 Å². The summed E-state index contributed by atoms with van der Waals surface area (Å²) in [7, 11) is 0. The van der Waals surface area contributed by atoms with Crippen molar-refractivity contribution in [2.24, 2.45) is 5.92 Å². The topological polar surface area (TPSA) is 84.9 Å². The van der Waals surface area contributed by atoms with Crippen molar-refractivity contribution in [2.75, 3.05) is 23.4 Å². The van der Waals surface area contributed by atoms with Gasteiger partial charge >= 0.3 is 5.97 Å².